The number of fused-ring (bicyclic) bond motifs is 1. The molecule has 1 aliphatic carbocycles. The fourth-order valence-corrected chi connectivity index (χ4v) is 1.52. The first-order valence-electron chi connectivity index (χ1n) is 3.80. The summed E-state index contributed by atoms with van der Waals surface area (Å²) in [5.41, 5.74) is 1.57. The van der Waals surface area contributed by atoms with Gasteiger partial charge in [0.15, 0.2) is 0 Å². The van der Waals surface area contributed by atoms with Gasteiger partial charge < -0.3 is 0 Å². The molecule has 0 saturated heterocycles. The van der Waals surface area contributed by atoms with E-state index in [1.807, 2.05) is 6.21 Å². The van der Waals surface area contributed by atoms with Crippen LogP contribution in [0.3, 0.4) is 0 Å². The van der Waals surface area contributed by atoms with Crippen LogP contribution in [0.2, 0.25) is 0 Å². The van der Waals surface area contributed by atoms with Gasteiger partial charge >= 0.3 is 0 Å². The summed E-state index contributed by atoms with van der Waals surface area (Å²) in [7, 11) is 0. The highest BCUT2D eigenvalue weighted by Gasteiger charge is 2.15. The van der Waals surface area contributed by atoms with Crippen molar-refractivity contribution >= 4 is 6.21 Å². The van der Waals surface area contributed by atoms with Crippen LogP contribution in [0, 0.1) is 5.92 Å². The maximum atomic E-state index is 4.26. The molecule has 0 saturated carbocycles. The van der Waals surface area contributed by atoms with E-state index >= 15 is 0 Å². The molecule has 0 amide bonds. The quantitative estimate of drug-likeness (QED) is 0.479. The minimum Gasteiger partial charge on any atom is -0.297 e. The Labute approximate surface area is 61.2 Å². The molecule has 1 aliphatic heterocycles. The van der Waals surface area contributed by atoms with Crippen LogP contribution in [0.4, 0.5) is 0 Å². The Balaban J connectivity index is 2.23. The third-order valence-corrected chi connectivity index (χ3v) is 2.17. The van der Waals surface area contributed by atoms with Crippen molar-refractivity contribution in [3.8, 4) is 0 Å². The van der Waals surface area contributed by atoms with Crippen LogP contribution in [0.25, 0.3) is 0 Å². The molecule has 1 nitrogen and oxygen atoms in total. The molecule has 10 heavy (non-hydrogen) atoms. The summed E-state index contributed by atoms with van der Waals surface area (Å²) < 4.78 is 0. The van der Waals surface area contributed by atoms with Gasteiger partial charge in [-0.3, -0.25) is 4.99 Å². The first-order chi connectivity index (χ1) is 4.97. The van der Waals surface area contributed by atoms with Gasteiger partial charge in [0.25, 0.3) is 0 Å². The molecule has 0 fully saturated rings. The molecule has 1 heteroatoms. The van der Waals surface area contributed by atoms with Crippen molar-refractivity contribution in [3.05, 3.63) is 23.8 Å². The summed E-state index contributed by atoms with van der Waals surface area (Å²) in [6.07, 6.45) is 10.9. The molecule has 0 radical (unpaired) electrons. The number of rotatable bonds is 0. The first-order valence-corrected chi connectivity index (χ1v) is 3.80. The predicted molar refractivity (Wildman–Crippen MR) is 43.3 cm³/mol. The molecular weight excluding hydrogens is 122 g/mol. The zero-order chi connectivity index (χ0) is 6.81. The highest BCUT2D eigenvalue weighted by atomic mass is 14.7. The molecule has 0 aromatic rings. The van der Waals surface area contributed by atoms with Crippen molar-refractivity contribution in [1.82, 2.24) is 0 Å². The Bertz CT molecular complexity index is 211. The van der Waals surface area contributed by atoms with Crippen molar-refractivity contribution in [2.45, 2.75) is 12.8 Å². The summed E-state index contributed by atoms with van der Waals surface area (Å²) >= 11 is 0. The average Bonchev–Trinajstić information content (AvgIpc) is 2.05. The van der Waals surface area contributed by atoms with Crippen molar-refractivity contribution in [2.75, 3.05) is 6.54 Å². The van der Waals surface area contributed by atoms with Gasteiger partial charge in [0, 0.05) is 25.1 Å². The van der Waals surface area contributed by atoms with E-state index in [9.17, 15) is 0 Å². The van der Waals surface area contributed by atoms with E-state index in [-0.39, 0.29) is 0 Å². The van der Waals surface area contributed by atoms with Crippen molar-refractivity contribution in [2.24, 2.45) is 10.9 Å². The molecule has 1 atom stereocenters. The zero-order valence-electron chi connectivity index (χ0n) is 5.96. The zero-order valence-corrected chi connectivity index (χ0v) is 5.96. The average molecular weight is 133 g/mol. The van der Waals surface area contributed by atoms with E-state index in [1.165, 1.54) is 6.42 Å². The van der Waals surface area contributed by atoms with Crippen molar-refractivity contribution < 1.29 is 0 Å². The van der Waals surface area contributed by atoms with Crippen molar-refractivity contribution in [3.63, 3.8) is 0 Å². The molecule has 0 aromatic carbocycles. The van der Waals surface area contributed by atoms with Gasteiger partial charge in [-0.15, -0.1) is 0 Å². The van der Waals surface area contributed by atoms with Gasteiger partial charge in [0.05, 0.1) is 0 Å². The second kappa shape index (κ2) is 2.41. The molecule has 0 spiro atoms. The maximum absolute atomic E-state index is 4.26. The third kappa shape index (κ3) is 0.919. The van der Waals surface area contributed by atoms with E-state index in [0.29, 0.717) is 0 Å². The van der Waals surface area contributed by atoms with E-state index in [1.54, 1.807) is 5.57 Å². The van der Waals surface area contributed by atoms with Crippen LogP contribution < -0.4 is 0 Å². The second-order valence-electron chi connectivity index (χ2n) is 2.85. The Hall–Kier alpha value is -0.850. The molecule has 52 valence electrons. The highest BCUT2D eigenvalue weighted by Crippen LogP contribution is 2.25. The van der Waals surface area contributed by atoms with E-state index < -0.39 is 0 Å². The largest absolute Gasteiger partial charge is 0.297 e. The van der Waals surface area contributed by atoms with Crippen LogP contribution in [-0.2, 0) is 0 Å². The molecule has 2 rings (SSSR count). The van der Waals surface area contributed by atoms with Gasteiger partial charge in [-0.25, -0.2) is 0 Å². The number of nitrogens with zero attached hydrogens (tertiary/aromatic N) is 1. The normalized spacial score (nSPS) is 29.6. The molecule has 1 heterocycles. The first kappa shape index (κ1) is 5.90. The van der Waals surface area contributed by atoms with Gasteiger partial charge in [-0.1, -0.05) is 23.8 Å². The van der Waals surface area contributed by atoms with Gasteiger partial charge in [-0.05, 0) is 6.42 Å². The smallest absolute Gasteiger partial charge is 0.0454 e. The standard InChI is InChI=1S/C9H11N/c1-2-4-9-7-10-6-5-8(9)3-1/h1-3,6,9H,4-5,7H2. The van der Waals surface area contributed by atoms with Crippen LogP contribution in [0.1, 0.15) is 12.8 Å². The molecule has 2 aliphatic rings. The molecule has 1 unspecified atom stereocenters. The van der Waals surface area contributed by atoms with Crippen molar-refractivity contribution in [1.29, 1.82) is 0 Å². The molecular formula is C9H11N. The SMILES string of the molecule is C1=CCC2CN=CCC2=C1. The van der Waals surface area contributed by atoms with E-state index in [2.05, 4.69) is 23.2 Å². The second-order valence-corrected chi connectivity index (χ2v) is 2.85. The van der Waals surface area contributed by atoms with Gasteiger partial charge in [0.2, 0.25) is 0 Å². The molecule has 0 aromatic heterocycles. The summed E-state index contributed by atoms with van der Waals surface area (Å²) in [6.45, 7) is 1.01. The number of hydrogen-bond donors (Lipinski definition) is 0. The Kier molecular flexibility index (Phi) is 1.42. The lowest BCUT2D eigenvalue weighted by atomic mass is 9.88. The number of allylic oxidation sites excluding steroid dienone is 3. The predicted octanol–water partition coefficient (Wildman–Crippen LogP) is 1.96. The fourth-order valence-electron chi connectivity index (χ4n) is 1.52. The van der Waals surface area contributed by atoms with Gasteiger partial charge in [0.1, 0.15) is 0 Å². The maximum Gasteiger partial charge on any atom is 0.0454 e. The van der Waals surface area contributed by atoms with E-state index in [0.717, 1.165) is 18.9 Å². The Morgan fingerprint density at radius 2 is 2.50 bits per heavy atom. The Morgan fingerprint density at radius 1 is 1.50 bits per heavy atom. The monoisotopic (exact) mass is 133 g/mol. The number of aliphatic imine (C=N–C) groups is 1. The van der Waals surface area contributed by atoms with Crippen LogP contribution >= 0.6 is 0 Å². The minimum atomic E-state index is 0.731. The lowest BCUT2D eigenvalue weighted by molar-refractivity contribution is 0.608. The minimum absolute atomic E-state index is 0.731. The summed E-state index contributed by atoms with van der Waals surface area (Å²) in [5, 5.41) is 0. The Morgan fingerprint density at radius 3 is 3.40 bits per heavy atom. The van der Waals surface area contributed by atoms with Gasteiger partial charge in [-0.2, -0.15) is 0 Å². The highest BCUT2D eigenvalue weighted by molar-refractivity contribution is 5.63. The summed E-state index contributed by atoms with van der Waals surface area (Å²) in [6, 6.07) is 0. The number of hydrogen-bond acceptors (Lipinski definition) is 1. The summed E-state index contributed by atoms with van der Waals surface area (Å²) in [5.74, 6) is 0.731. The lowest BCUT2D eigenvalue weighted by Crippen LogP contribution is -2.14. The molecule has 0 N–H and O–H groups in total. The third-order valence-electron chi connectivity index (χ3n) is 2.17. The van der Waals surface area contributed by atoms with E-state index in [4.69, 9.17) is 0 Å². The van der Waals surface area contributed by atoms with Crippen LogP contribution in [0.15, 0.2) is 28.8 Å². The lowest BCUT2D eigenvalue weighted by Gasteiger charge is -2.21. The molecule has 0 bridgehead atoms. The fraction of sp³-hybridized carbons (Fsp3) is 0.444. The van der Waals surface area contributed by atoms with Crippen LogP contribution in [-0.4, -0.2) is 12.8 Å². The van der Waals surface area contributed by atoms with Crippen LogP contribution in [0.5, 0.6) is 0 Å². The topological polar surface area (TPSA) is 12.4 Å². The summed E-state index contributed by atoms with van der Waals surface area (Å²) in [4.78, 5) is 4.26.